The highest BCUT2D eigenvalue weighted by molar-refractivity contribution is 9.10. The van der Waals surface area contributed by atoms with Crippen LogP contribution in [0.15, 0.2) is 41.0 Å². The largest absolute Gasteiger partial charge is 0.496 e. The molecule has 0 saturated heterocycles. The summed E-state index contributed by atoms with van der Waals surface area (Å²) < 4.78 is 6.19. The molecule has 0 fully saturated rings. The van der Waals surface area contributed by atoms with Crippen LogP contribution in [-0.2, 0) is 6.42 Å². The first kappa shape index (κ1) is 13.7. The molecule has 0 aliphatic carbocycles. The lowest BCUT2D eigenvalue weighted by Gasteiger charge is -2.08. The fourth-order valence-electron chi connectivity index (χ4n) is 1.84. The Bertz CT molecular complexity index is 611. The molecule has 0 N–H and O–H groups in total. The van der Waals surface area contributed by atoms with Crippen LogP contribution in [0, 0.1) is 6.92 Å². The summed E-state index contributed by atoms with van der Waals surface area (Å²) >= 11 is 3.40. The number of ether oxygens (including phenoxy) is 1. The van der Waals surface area contributed by atoms with Crippen LogP contribution in [0.1, 0.15) is 21.6 Å². The number of ketones is 1. The van der Waals surface area contributed by atoms with Crippen molar-refractivity contribution in [1.82, 2.24) is 4.98 Å². The van der Waals surface area contributed by atoms with Gasteiger partial charge in [-0.2, -0.15) is 0 Å². The van der Waals surface area contributed by atoms with E-state index in [1.54, 1.807) is 19.4 Å². The molecule has 2 rings (SSSR count). The molecule has 0 aliphatic rings. The van der Waals surface area contributed by atoms with Crippen LogP contribution >= 0.6 is 15.9 Å². The average molecular weight is 320 g/mol. The molecule has 98 valence electrons. The van der Waals surface area contributed by atoms with Crippen molar-refractivity contribution < 1.29 is 9.53 Å². The second-order valence-electron chi connectivity index (χ2n) is 4.27. The summed E-state index contributed by atoms with van der Waals surface area (Å²) in [5.74, 6) is 0.698. The van der Waals surface area contributed by atoms with Crippen LogP contribution < -0.4 is 4.74 Å². The monoisotopic (exact) mass is 319 g/mol. The Morgan fingerprint density at radius 3 is 2.79 bits per heavy atom. The Morgan fingerprint density at radius 1 is 1.32 bits per heavy atom. The summed E-state index contributed by atoms with van der Waals surface area (Å²) in [5.41, 5.74) is 2.37. The predicted octanol–water partition coefficient (Wildman–Crippen LogP) is 3.59. The maximum atomic E-state index is 12.2. The molecule has 4 heteroatoms. The van der Waals surface area contributed by atoms with Gasteiger partial charge in [0.25, 0.3) is 0 Å². The molecule has 0 spiro atoms. The van der Waals surface area contributed by atoms with Crippen molar-refractivity contribution >= 4 is 21.7 Å². The van der Waals surface area contributed by atoms with Crippen molar-refractivity contribution in [2.24, 2.45) is 0 Å². The van der Waals surface area contributed by atoms with Crippen LogP contribution in [0.5, 0.6) is 5.75 Å². The molecule has 1 aromatic heterocycles. The van der Waals surface area contributed by atoms with Crippen molar-refractivity contribution in [3.63, 3.8) is 0 Å². The number of methoxy groups -OCH3 is 1. The number of hydrogen-bond acceptors (Lipinski definition) is 3. The van der Waals surface area contributed by atoms with Gasteiger partial charge in [0.2, 0.25) is 0 Å². The summed E-state index contributed by atoms with van der Waals surface area (Å²) in [4.78, 5) is 16.3. The zero-order chi connectivity index (χ0) is 13.8. The van der Waals surface area contributed by atoms with Gasteiger partial charge in [-0.1, -0.05) is 15.9 Å². The van der Waals surface area contributed by atoms with E-state index in [0.29, 0.717) is 11.4 Å². The third-order valence-electron chi connectivity index (χ3n) is 2.79. The van der Waals surface area contributed by atoms with Gasteiger partial charge in [-0.3, -0.25) is 9.78 Å². The fourth-order valence-corrected chi connectivity index (χ4v) is 2.25. The molecule has 1 aromatic carbocycles. The van der Waals surface area contributed by atoms with Gasteiger partial charge in [0.15, 0.2) is 5.78 Å². The van der Waals surface area contributed by atoms with Crippen molar-refractivity contribution in [3.8, 4) is 5.75 Å². The molecular formula is C15H14BrNO2. The van der Waals surface area contributed by atoms with E-state index in [1.165, 1.54) is 0 Å². The molecule has 0 amide bonds. The molecule has 1 heterocycles. The van der Waals surface area contributed by atoms with E-state index >= 15 is 0 Å². The first-order chi connectivity index (χ1) is 9.10. The van der Waals surface area contributed by atoms with Crippen molar-refractivity contribution in [3.05, 3.63) is 57.8 Å². The van der Waals surface area contributed by atoms with E-state index < -0.39 is 0 Å². The Labute approximate surface area is 120 Å². The number of rotatable bonds is 4. The lowest BCUT2D eigenvalue weighted by molar-refractivity contribution is 0.0987. The summed E-state index contributed by atoms with van der Waals surface area (Å²) in [7, 11) is 1.60. The third-order valence-corrected chi connectivity index (χ3v) is 3.29. The van der Waals surface area contributed by atoms with Crippen molar-refractivity contribution in [2.75, 3.05) is 7.11 Å². The van der Waals surface area contributed by atoms with E-state index in [2.05, 4.69) is 20.9 Å². The Hall–Kier alpha value is -1.68. The molecule has 0 radical (unpaired) electrons. The summed E-state index contributed by atoms with van der Waals surface area (Å²) in [6.07, 6.45) is 1.93. The fraction of sp³-hybridized carbons (Fsp3) is 0.200. The van der Waals surface area contributed by atoms with Crippen LogP contribution in [0.4, 0.5) is 0 Å². The van der Waals surface area contributed by atoms with Crippen molar-refractivity contribution in [1.29, 1.82) is 0 Å². The minimum atomic E-state index is -0.0138. The number of aromatic nitrogens is 1. The minimum absolute atomic E-state index is 0.0138. The quantitative estimate of drug-likeness (QED) is 0.808. The van der Waals surface area contributed by atoms with E-state index in [-0.39, 0.29) is 12.2 Å². The Balaban J connectivity index is 2.26. The summed E-state index contributed by atoms with van der Waals surface area (Å²) in [6, 6.07) is 9.30. The van der Waals surface area contributed by atoms with Crippen LogP contribution in [0.2, 0.25) is 0 Å². The summed E-state index contributed by atoms with van der Waals surface area (Å²) in [6.45, 7) is 1.94. The number of carbonyl (C=O) groups excluding carboxylic acids is 1. The number of Topliss-reactive ketones (excluding diaryl/α,β-unsaturated/α-hetero) is 1. The number of hydrogen-bond donors (Lipinski definition) is 0. The number of carbonyl (C=O) groups is 1. The van der Waals surface area contributed by atoms with E-state index in [9.17, 15) is 4.79 Å². The lowest BCUT2D eigenvalue weighted by atomic mass is 10.0. The average Bonchev–Trinajstić information content (AvgIpc) is 2.39. The molecule has 0 saturated carbocycles. The molecule has 0 atom stereocenters. The van der Waals surface area contributed by atoms with Gasteiger partial charge >= 0.3 is 0 Å². The topological polar surface area (TPSA) is 39.2 Å². The maximum Gasteiger partial charge on any atom is 0.185 e. The molecule has 2 aromatic rings. The number of benzene rings is 1. The van der Waals surface area contributed by atoms with Gasteiger partial charge in [0.05, 0.1) is 7.11 Å². The third kappa shape index (κ3) is 3.41. The zero-order valence-electron chi connectivity index (χ0n) is 10.8. The molecular weight excluding hydrogens is 306 g/mol. The lowest BCUT2D eigenvalue weighted by Crippen LogP contribution is -2.07. The van der Waals surface area contributed by atoms with E-state index in [1.807, 2.05) is 31.2 Å². The molecule has 0 bridgehead atoms. The molecule has 3 nitrogen and oxygen atoms in total. The van der Waals surface area contributed by atoms with Crippen LogP contribution in [0.3, 0.4) is 0 Å². The maximum absolute atomic E-state index is 12.2. The number of aryl methyl sites for hydroxylation is 1. The Kier molecular flexibility index (Phi) is 4.32. The first-order valence-electron chi connectivity index (χ1n) is 5.88. The minimum Gasteiger partial charge on any atom is -0.496 e. The van der Waals surface area contributed by atoms with E-state index in [0.717, 1.165) is 15.6 Å². The molecule has 0 aliphatic heterocycles. The predicted molar refractivity (Wildman–Crippen MR) is 77.7 cm³/mol. The van der Waals surface area contributed by atoms with Gasteiger partial charge < -0.3 is 4.74 Å². The van der Waals surface area contributed by atoms with Gasteiger partial charge in [0.1, 0.15) is 11.4 Å². The van der Waals surface area contributed by atoms with Crippen molar-refractivity contribution in [2.45, 2.75) is 13.3 Å². The van der Waals surface area contributed by atoms with Gasteiger partial charge in [-0.25, -0.2) is 0 Å². The number of nitrogens with zero attached hydrogens (tertiary/aromatic N) is 1. The zero-order valence-corrected chi connectivity index (χ0v) is 12.4. The standard InChI is InChI=1S/C15H14BrNO2/c1-10-5-6-17-13(7-10)14(18)9-11-8-12(16)3-4-15(11)19-2/h3-8H,9H2,1-2H3. The van der Waals surface area contributed by atoms with Crippen LogP contribution in [-0.4, -0.2) is 17.9 Å². The highest BCUT2D eigenvalue weighted by Crippen LogP contribution is 2.24. The smallest absolute Gasteiger partial charge is 0.185 e. The first-order valence-corrected chi connectivity index (χ1v) is 6.67. The van der Waals surface area contributed by atoms with Gasteiger partial charge in [-0.15, -0.1) is 0 Å². The highest BCUT2D eigenvalue weighted by atomic mass is 79.9. The van der Waals surface area contributed by atoms with Gasteiger partial charge in [-0.05, 0) is 42.8 Å². The van der Waals surface area contributed by atoms with Gasteiger partial charge in [0, 0.05) is 22.7 Å². The SMILES string of the molecule is COc1ccc(Br)cc1CC(=O)c1cc(C)ccn1. The number of pyridine rings is 1. The normalized spacial score (nSPS) is 10.3. The Morgan fingerprint density at radius 2 is 2.11 bits per heavy atom. The van der Waals surface area contributed by atoms with E-state index in [4.69, 9.17) is 4.74 Å². The number of halogens is 1. The summed E-state index contributed by atoms with van der Waals surface area (Å²) in [5, 5.41) is 0. The van der Waals surface area contributed by atoms with Crippen LogP contribution in [0.25, 0.3) is 0 Å². The highest BCUT2D eigenvalue weighted by Gasteiger charge is 2.12. The molecule has 0 unspecified atom stereocenters. The molecule has 19 heavy (non-hydrogen) atoms. The second-order valence-corrected chi connectivity index (χ2v) is 5.19. The second kappa shape index (κ2) is 5.97.